The summed E-state index contributed by atoms with van der Waals surface area (Å²) >= 11 is 0. The number of nitrogens with zero attached hydrogens (tertiary/aromatic N) is 3. The number of hydrogen-bond acceptors (Lipinski definition) is 6. The number of anilines is 1. The number of oxazole rings is 1. The molecule has 6 heteroatoms. The Balaban J connectivity index is 1.42. The second-order valence-corrected chi connectivity index (χ2v) is 6.23. The van der Waals surface area contributed by atoms with Gasteiger partial charge in [-0.05, 0) is 29.8 Å². The molecule has 1 aromatic heterocycles. The smallest absolute Gasteiger partial charge is 0.298 e. The fourth-order valence-corrected chi connectivity index (χ4v) is 2.94. The van der Waals surface area contributed by atoms with Gasteiger partial charge in [0.05, 0.1) is 44.1 Å². The summed E-state index contributed by atoms with van der Waals surface area (Å²) in [7, 11) is 0. The molecule has 26 heavy (non-hydrogen) atoms. The molecule has 1 saturated heterocycles. The van der Waals surface area contributed by atoms with E-state index in [2.05, 4.69) is 16.0 Å². The summed E-state index contributed by atoms with van der Waals surface area (Å²) in [6.45, 7) is 2.98. The van der Waals surface area contributed by atoms with Crippen molar-refractivity contribution >= 4 is 17.1 Å². The van der Waals surface area contributed by atoms with Crippen LogP contribution in [0, 0.1) is 11.3 Å². The Labute approximate surface area is 151 Å². The normalized spacial score (nSPS) is 17.8. The molecule has 0 bridgehead atoms. The van der Waals surface area contributed by atoms with Crippen molar-refractivity contribution in [3.05, 3.63) is 59.7 Å². The number of hydrogen-bond donors (Lipinski definition) is 0. The van der Waals surface area contributed by atoms with Crippen LogP contribution in [0.5, 0.6) is 0 Å². The van der Waals surface area contributed by atoms with Crippen molar-refractivity contribution in [2.45, 2.75) is 12.7 Å². The van der Waals surface area contributed by atoms with Crippen LogP contribution in [0.3, 0.4) is 0 Å². The van der Waals surface area contributed by atoms with Gasteiger partial charge in [0.2, 0.25) is 0 Å². The van der Waals surface area contributed by atoms with Gasteiger partial charge in [-0.1, -0.05) is 24.3 Å². The summed E-state index contributed by atoms with van der Waals surface area (Å²) in [5, 5.41) is 8.87. The third-order valence-corrected chi connectivity index (χ3v) is 4.36. The summed E-state index contributed by atoms with van der Waals surface area (Å²) in [6.07, 6.45) is -0.0804. The number of para-hydroxylation sites is 2. The first kappa shape index (κ1) is 16.6. The van der Waals surface area contributed by atoms with Crippen LogP contribution in [-0.2, 0) is 16.1 Å². The molecule has 0 spiro atoms. The Bertz CT molecular complexity index is 881. The zero-order chi connectivity index (χ0) is 17.8. The maximum atomic E-state index is 8.87. The zero-order valence-corrected chi connectivity index (χ0v) is 14.3. The van der Waals surface area contributed by atoms with E-state index in [-0.39, 0.29) is 6.10 Å². The van der Waals surface area contributed by atoms with Crippen LogP contribution < -0.4 is 4.90 Å². The highest BCUT2D eigenvalue weighted by Gasteiger charge is 2.23. The molecule has 1 atom stereocenters. The van der Waals surface area contributed by atoms with Crippen molar-refractivity contribution in [2.75, 3.05) is 31.2 Å². The van der Waals surface area contributed by atoms with Crippen molar-refractivity contribution in [1.29, 1.82) is 5.26 Å². The Kier molecular flexibility index (Phi) is 4.82. The summed E-state index contributed by atoms with van der Waals surface area (Å²) in [4.78, 5) is 6.63. The number of ether oxygens (including phenoxy) is 2. The highest BCUT2D eigenvalue weighted by Crippen LogP contribution is 2.23. The van der Waals surface area contributed by atoms with Gasteiger partial charge in [-0.15, -0.1) is 0 Å². The Hall–Kier alpha value is -2.88. The third kappa shape index (κ3) is 3.69. The van der Waals surface area contributed by atoms with Gasteiger partial charge < -0.3 is 18.8 Å². The minimum Gasteiger partial charge on any atom is -0.423 e. The summed E-state index contributed by atoms with van der Waals surface area (Å²) in [5.41, 5.74) is 3.31. The lowest BCUT2D eigenvalue weighted by molar-refractivity contribution is -0.00806. The first-order valence-corrected chi connectivity index (χ1v) is 8.61. The SMILES string of the molecule is N#Cc1ccc(CO[C@H]2COCCN(c3nc4ccccc4o3)C2)cc1. The first-order chi connectivity index (χ1) is 12.8. The fourth-order valence-electron chi connectivity index (χ4n) is 2.94. The molecule has 2 aromatic carbocycles. The fraction of sp³-hybridized carbons (Fsp3) is 0.300. The predicted octanol–water partition coefficient (Wildman–Crippen LogP) is 3.12. The van der Waals surface area contributed by atoms with E-state index in [1.54, 1.807) is 12.1 Å². The van der Waals surface area contributed by atoms with Crippen LogP contribution in [0.25, 0.3) is 11.1 Å². The molecule has 0 unspecified atom stereocenters. The van der Waals surface area contributed by atoms with Gasteiger partial charge in [-0.3, -0.25) is 0 Å². The Morgan fingerprint density at radius 2 is 2.04 bits per heavy atom. The molecular weight excluding hydrogens is 330 g/mol. The van der Waals surface area contributed by atoms with Crippen LogP contribution in [-0.4, -0.2) is 37.4 Å². The van der Waals surface area contributed by atoms with E-state index in [0.717, 1.165) is 16.7 Å². The molecule has 0 N–H and O–H groups in total. The highest BCUT2D eigenvalue weighted by atomic mass is 16.5. The first-order valence-electron chi connectivity index (χ1n) is 8.61. The molecule has 0 aliphatic carbocycles. The van der Waals surface area contributed by atoms with E-state index in [4.69, 9.17) is 19.2 Å². The molecule has 1 aliphatic heterocycles. The molecule has 0 amide bonds. The molecule has 132 valence electrons. The monoisotopic (exact) mass is 349 g/mol. The second kappa shape index (κ2) is 7.56. The van der Waals surface area contributed by atoms with E-state index in [1.807, 2.05) is 36.4 Å². The number of fused-ring (bicyclic) bond motifs is 1. The largest absolute Gasteiger partial charge is 0.423 e. The number of nitriles is 1. The molecular formula is C20H19N3O3. The maximum Gasteiger partial charge on any atom is 0.298 e. The Morgan fingerprint density at radius 3 is 2.85 bits per heavy atom. The summed E-state index contributed by atoms with van der Waals surface area (Å²) < 4.78 is 17.6. The van der Waals surface area contributed by atoms with Gasteiger partial charge >= 0.3 is 0 Å². The van der Waals surface area contributed by atoms with Crippen molar-refractivity contribution < 1.29 is 13.9 Å². The molecule has 1 aliphatic rings. The zero-order valence-electron chi connectivity index (χ0n) is 14.3. The van der Waals surface area contributed by atoms with Gasteiger partial charge in [0.25, 0.3) is 6.01 Å². The van der Waals surface area contributed by atoms with Crippen LogP contribution in [0.1, 0.15) is 11.1 Å². The summed E-state index contributed by atoms with van der Waals surface area (Å²) in [6, 6.07) is 17.9. The lowest BCUT2D eigenvalue weighted by atomic mass is 10.1. The molecule has 1 fully saturated rings. The van der Waals surface area contributed by atoms with Crippen molar-refractivity contribution in [3.63, 3.8) is 0 Å². The molecule has 3 aromatic rings. The van der Waals surface area contributed by atoms with Gasteiger partial charge in [-0.2, -0.15) is 10.2 Å². The second-order valence-electron chi connectivity index (χ2n) is 6.23. The minimum absolute atomic E-state index is 0.0804. The van der Waals surface area contributed by atoms with E-state index < -0.39 is 0 Å². The number of benzene rings is 2. The molecule has 4 rings (SSSR count). The third-order valence-electron chi connectivity index (χ3n) is 4.36. The highest BCUT2D eigenvalue weighted by molar-refractivity contribution is 5.74. The number of aromatic nitrogens is 1. The summed E-state index contributed by atoms with van der Waals surface area (Å²) in [5.74, 6) is 0. The minimum atomic E-state index is -0.0804. The van der Waals surface area contributed by atoms with Crippen LogP contribution in [0.15, 0.2) is 52.9 Å². The quantitative estimate of drug-likeness (QED) is 0.721. The molecule has 2 heterocycles. The lowest BCUT2D eigenvalue weighted by Gasteiger charge is -2.22. The van der Waals surface area contributed by atoms with Crippen LogP contribution >= 0.6 is 0 Å². The average molecular weight is 349 g/mol. The van der Waals surface area contributed by atoms with E-state index in [0.29, 0.717) is 44.5 Å². The molecule has 0 saturated carbocycles. The maximum absolute atomic E-state index is 8.87. The van der Waals surface area contributed by atoms with Crippen molar-refractivity contribution in [1.82, 2.24) is 4.98 Å². The van der Waals surface area contributed by atoms with Crippen molar-refractivity contribution in [2.24, 2.45) is 0 Å². The topological polar surface area (TPSA) is 71.5 Å². The molecule has 0 radical (unpaired) electrons. The van der Waals surface area contributed by atoms with E-state index in [9.17, 15) is 0 Å². The van der Waals surface area contributed by atoms with Gasteiger partial charge in [0.1, 0.15) is 5.52 Å². The lowest BCUT2D eigenvalue weighted by Crippen LogP contribution is -2.34. The van der Waals surface area contributed by atoms with Crippen LogP contribution in [0.2, 0.25) is 0 Å². The van der Waals surface area contributed by atoms with Crippen molar-refractivity contribution in [3.8, 4) is 6.07 Å². The number of rotatable bonds is 4. The predicted molar refractivity (Wildman–Crippen MR) is 96.8 cm³/mol. The average Bonchev–Trinajstić information content (AvgIpc) is 2.98. The van der Waals surface area contributed by atoms with Gasteiger partial charge in [0.15, 0.2) is 5.58 Å². The van der Waals surface area contributed by atoms with Crippen LogP contribution in [0.4, 0.5) is 6.01 Å². The molecule has 6 nitrogen and oxygen atoms in total. The van der Waals surface area contributed by atoms with Gasteiger partial charge in [-0.25, -0.2) is 0 Å². The van der Waals surface area contributed by atoms with Gasteiger partial charge in [0, 0.05) is 6.54 Å². The standard InChI is InChI=1S/C20H19N3O3/c21-11-15-5-7-16(8-6-15)13-25-17-12-23(9-10-24-14-17)20-22-18-3-1-2-4-19(18)26-20/h1-8,17H,9-10,12-14H2/t17-/m1/s1. The Morgan fingerprint density at radius 1 is 1.19 bits per heavy atom. The van der Waals surface area contributed by atoms with E-state index in [1.165, 1.54) is 0 Å². The van der Waals surface area contributed by atoms with E-state index >= 15 is 0 Å².